The number of aromatic nitrogens is 1. The topological polar surface area (TPSA) is 91.5 Å². The Bertz CT molecular complexity index is 946. The summed E-state index contributed by atoms with van der Waals surface area (Å²) >= 11 is 0. The molecule has 0 bridgehead atoms. The van der Waals surface area contributed by atoms with Gasteiger partial charge < -0.3 is 9.72 Å². The Morgan fingerprint density at radius 2 is 1.86 bits per heavy atom. The molecule has 1 aromatic carbocycles. The lowest BCUT2D eigenvalue weighted by molar-refractivity contribution is 0.0519. The van der Waals surface area contributed by atoms with Gasteiger partial charge in [-0.05, 0) is 39.2 Å². The van der Waals surface area contributed by atoms with Crippen molar-refractivity contribution in [3.05, 3.63) is 52.8 Å². The summed E-state index contributed by atoms with van der Waals surface area (Å²) in [6.45, 7) is 7.78. The molecule has 29 heavy (non-hydrogen) atoms. The van der Waals surface area contributed by atoms with Crippen LogP contribution in [0.2, 0.25) is 0 Å². The first kappa shape index (κ1) is 21.5. The molecule has 0 spiro atoms. The number of H-pyrrole nitrogens is 1. The van der Waals surface area contributed by atoms with E-state index in [9.17, 15) is 13.2 Å². The highest BCUT2D eigenvalue weighted by molar-refractivity contribution is 7.89. The SMILES string of the molecule is CCOC(=O)c1[nH]c(C)c(S(=O)(=O)NC2CCN(Cc3ccccc3)CC2)c1C. The van der Waals surface area contributed by atoms with Crippen LogP contribution in [0.4, 0.5) is 0 Å². The number of aryl methyl sites for hydroxylation is 1. The molecule has 0 atom stereocenters. The predicted octanol–water partition coefficient (Wildman–Crippen LogP) is 2.75. The van der Waals surface area contributed by atoms with Gasteiger partial charge in [0.15, 0.2) is 0 Å². The number of ether oxygens (including phenoxy) is 1. The maximum atomic E-state index is 13.0. The number of nitrogens with zero attached hydrogens (tertiary/aromatic N) is 1. The molecule has 0 amide bonds. The number of carbonyl (C=O) groups excluding carboxylic acids is 1. The third-order valence-electron chi connectivity index (χ3n) is 5.28. The van der Waals surface area contributed by atoms with E-state index in [1.807, 2.05) is 18.2 Å². The van der Waals surface area contributed by atoms with Crippen LogP contribution >= 0.6 is 0 Å². The quantitative estimate of drug-likeness (QED) is 0.674. The largest absolute Gasteiger partial charge is 0.461 e. The minimum Gasteiger partial charge on any atom is -0.461 e. The number of carbonyl (C=O) groups is 1. The van der Waals surface area contributed by atoms with Crippen LogP contribution in [-0.4, -0.2) is 50.0 Å². The van der Waals surface area contributed by atoms with Gasteiger partial charge in [0.2, 0.25) is 10.0 Å². The number of hydrogen-bond donors (Lipinski definition) is 2. The van der Waals surface area contributed by atoms with Crippen molar-refractivity contribution in [1.29, 1.82) is 0 Å². The molecule has 8 heteroatoms. The normalized spacial score (nSPS) is 16.1. The van der Waals surface area contributed by atoms with Crippen LogP contribution in [0.3, 0.4) is 0 Å². The van der Waals surface area contributed by atoms with Crippen LogP contribution in [0.15, 0.2) is 35.2 Å². The zero-order chi connectivity index (χ0) is 21.0. The van der Waals surface area contributed by atoms with E-state index in [1.165, 1.54) is 5.56 Å². The molecule has 1 saturated heterocycles. The van der Waals surface area contributed by atoms with Crippen LogP contribution < -0.4 is 4.72 Å². The number of likely N-dealkylation sites (tertiary alicyclic amines) is 1. The molecular weight excluding hydrogens is 390 g/mol. The van der Waals surface area contributed by atoms with Gasteiger partial charge in [-0.25, -0.2) is 17.9 Å². The Kier molecular flexibility index (Phi) is 6.77. The lowest BCUT2D eigenvalue weighted by Gasteiger charge is -2.32. The molecular formula is C21H29N3O4S. The second kappa shape index (κ2) is 9.11. The van der Waals surface area contributed by atoms with Crippen molar-refractivity contribution in [3.8, 4) is 0 Å². The fourth-order valence-corrected chi connectivity index (χ4v) is 5.62. The Balaban J connectivity index is 1.64. The second-order valence-electron chi connectivity index (χ2n) is 7.46. The average Bonchev–Trinajstić information content (AvgIpc) is 2.99. The molecule has 1 fully saturated rings. The van der Waals surface area contributed by atoms with E-state index >= 15 is 0 Å². The highest BCUT2D eigenvalue weighted by Crippen LogP contribution is 2.25. The van der Waals surface area contributed by atoms with E-state index in [4.69, 9.17) is 4.74 Å². The van der Waals surface area contributed by atoms with Gasteiger partial charge >= 0.3 is 5.97 Å². The smallest absolute Gasteiger partial charge is 0.355 e. The Morgan fingerprint density at radius 1 is 1.21 bits per heavy atom. The molecule has 2 N–H and O–H groups in total. The van der Waals surface area contributed by atoms with Crippen LogP contribution in [0.1, 0.15) is 47.1 Å². The minimum atomic E-state index is -3.73. The Morgan fingerprint density at radius 3 is 2.48 bits per heavy atom. The van der Waals surface area contributed by atoms with E-state index in [1.54, 1.807) is 20.8 Å². The zero-order valence-corrected chi connectivity index (χ0v) is 18.0. The Hall–Kier alpha value is -2.16. The van der Waals surface area contributed by atoms with Crippen LogP contribution in [0.25, 0.3) is 0 Å². The molecule has 3 rings (SSSR count). The number of hydrogen-bond acceptors (Lipinski definition) is 5. The first-order valence-corrected chi connectivity index (χ1v) is 11.4. The van der Waals surface area contributed by atoms with Crippen molar-refractivity contribution >= 4 is 16.0 Å². The number of aromatic amines is 1. The molecule has 1 aromatic heterocycles. The number of piperidine rings is 1. The van der Waals surface area contributed by atoms with Gasteiger partial charge in [-0.2, -0.15) is 0 Å². The van der Waals surface area contributed by atoms with Crippen LogP contribution in [0.5, 0.6) is 0 Å². The molecule has 2 heterocycles. The molecule has 0 unspecified atom stereocenters. The van der Waals surface area contributed by atoms with Crippen LogP contribution in [-0.2, 0) is 21.3 Å². The van der Waals surface area contributed by atoms with E-state index < -0.39 is 16.0 Å². The van der Waals surface area contributed by atoms with Gasteiger partial charge in [-0.1, -0.05) is 30.3 Å². The van der Waals surface area contributed by atoms with Gasteiger partial charge in [-0.3, -0.25) is 4.90 Å². The third-order valence-corrected chi connectivity index (χ3v) is 7.07. The van der Waals surface area contributed by atoms with E-state index in [0.29, 0.717) is 11.3 Å². The summed E-state index contributed by atoms with van der Waals surface area (Å²) in [6, 6.07) is 10.2. The van der Waals surface area contributed by atoms with Gasteiger partial charge in [0.1, 0.15) is 10.6 Å². The minimum absolute atomic E-state index is 0.119. The summed E-state index contributed by atoms with van der Waals surface area (Å²) in [6.07, 6.45) is 1.50. The van der Waals surface area contributed by atoms with E-state index in [2.05, 4.69) is 26.7 Å². The lowest BCUT2D eigenvalue weighted by atomic mass is 10.1. The number of benzene rings is 1. The highest BCUT2D eigenvalue weighted by atomic mass is 32.2. The average molecular weight is 420 g/mol. The van der Waals surface area contributed by atoms with Crippen molar-refractivity contribution in [3.63, 3.8) is 0 Å². The molecule has 0 aliphatic carbocycles. The van der Waals surface area contributed by atoms with Gasteiger partial charge in [0.05, 0.1) is 6.61 Å². The van der Waals surface area contributed by atoms with Crippen molar-refractivity contribution in [2.75, 3.05) is 19.7 Å². The van der Waals surface area contributed by atoms with Gasteiger partial charge in [-0.15, -0.1) is 0 Å². The first-order valence-electron chi connectivity index (χ1n) is 9.96. The number of rotatable bonds is 7. The fraction of sp³-hybridized carbons (Fsp3) is 0.476. The predicted molar refractivity (Wildman–Crippen MR) is 111 cm³/mol. The summed E-state index contributed by atoms with van der Waals surface area (Å²) in [7, 11) is -3.73. The number of sulfonamides is 1. The van der Waals surface area contributed by atoms with Crippen LogP contribution in [0, 0.1) is 13.8 Å². The zero-order valence-electron chi connectivity index (χ0n) is 17.2. The molecule has 1 aliphatic heterocycles. The second-order valence-corrected chi connectivity index (χ2v) is 9.11. The summed E-state index contributed by atoms with van der Waals surface area (Å²) in [4.78, 5) is 17.4. The summed E-state index contributed by atoms with van der Waals surface area (Å²) in [5.74, 6) is -0.538. The van der Waals surface area contributed by atoms with Crippen molar-refractivity contribution in [1.82, 2.24) is 14.6 Å². The molecule has 0 saturated carbocycles. The summed E-state index contributed by atoms with van der Waals surface area (Å²) in [5, 5.41) is 0. The fourth-order valence-electron chi connectivity index (χ4n) is 3.87. The molecule has 0 radical (unpaired) electrons. The summed E-state index contributed by atoms with van der Waals surface area (Å²) < 4.78 is 33.9. The lowest BCUT2D eigenvalue weighted by Crippen LogP contribution is -2.44. The number of esters is 1. The monoisotopic (exact) mass is 419 g/mol. The van der Waals surface area contributed by atoms with Gasteiger partial charge in [0.25, 0.3) is 0 Å². The Labute approximate surface area is 172 Å². The first-order chi connectivity index (χ1) is 13.8. The molecule has 7 nitrogen and oxygen atoms in total. The maximum Gasteiger partial charge on any atom is 0.355 e. The highest BCUT2D eigenvalue weighted by Gasteiger charge is 2.30. The van der Waals surface area contributed by atoms with E-state index in [-0.39, 0.29) is 23.2 Å². The van der Waals surface area contributed by atoms with Crippen molar-refractivity contribution < 1.29 is 17.9 Å². The summed E-state index contributed by atoms with van der Waals surface area (Å²) in [5.41, 5.74) is 2.30. The molecule has 1 aliphatic rings. The standard InChI is InChI=1S/C21H29N3O4S/c1-4-28-21(25)19-15(2)20(16(3)22-19)29(26,27)23-18-10-12-24(13-11-18)14-17-8-6-5-7-9-17/h5-9,18,22-23H,4,10-14H2,1-3H3. The number of nitrogens with one attached hydrogen (secondary N) is 2. The maximum absolute atomic E-state index is 13.0. The molecule has 2 aromatic rings. The third kappa shape index (κ3) is 5.07. The molecule has 158 valence electrons. The van der Waals surface area contributed by atoms with Gasteiger partial charge in [0, 0.05) is 36.9 Å². The van der Waals surface area contributed by atoms with Crippen molar-refractivity contribution in [2.45, 2.75) is 51.1 Å². The van der Waals surface area contributed by atoms with Crippen molar-refractivity contribution in [2.24, 2.45) is 0 Å². The van der Waals surface area contributed by atoms with E-state index in [0.717, 1.165) is 32.5 Å².